The Morgan fingerprint density at radius 1 is 1.60 bits per heavy atom. The first-order valence-electron chi connectivity index (χ1n) is 6.68. The van der Waals surface area contributed by atoms with Crippen LogP contribution in [0.5, 0.6) is 0 Å². The highest BCUT2D eigenvalue weighted by atomic mass is 16.1. The van der Waals surface area contributed by atoms with Crippen LogP contribution in [-0.2, 0) is 4.79 Å². The minimum Gasteiger partial charge on any atom is -0.322 e. The lowest BCUT2D eigenvalue weighted by Gasteiger charge is -2.29. The lowest BCUT2D eigenvalue weighted by Crippen LogP contribution is -2.21. The van der Waals surface area contributed by atoms with Crippen LogP contribution < -0.4 is 0 Å². The predicted octanol–water partition coefficient (Wildman–Crippen LogP) is 4.43. The molecule has 5 heteroatoms. The molecule has 0 aliphatic carbocycles. The van der Waals surface area contributed by atoms with E-state index in [0.717, 1.165) is 24.2 Å². The van der Waals surface area contributed by atoms with Crippen LogP contribution in [0.15, 0.2) is 53.1 Å². The summed E-state index contributed by atoms with van der Waals surface area (Å²) >= 11 is 0. The first-order chi connectivity index (χ1) is 9.51. The first kappa shape index (κ1) is 15.8. The molecule has 0 unspecified atom stereocenters. The fourth-order valence-electron chi connectivity index (χ4n) is 1.74. The molecule has 0 bridgehead atoms. The van der Waals surface area contributed by atoms with E-state index in [1.54, 1.807) is 18.4 Å². The van der Waals surface area contributed by atoms with Crippen molar-refractivity contribution < 1.29 is 4.79 Å². The summed E-state index contributed by atoms with van der Waals surface area (Å²) in [5.41, 5.74) is 10.6. The lowest BCUT2D eigenvalue weighted by atomic mass is 10.1. The summed E-state index contributed by atoms with van der Waals surface area (Å²) in [5, 5.41) is 3.12. The third kappa shape index (κ3) is 3.87. The summed E-state index contributed by atoms with van der Waals surface area (Å²) in [6.45, 7) is 10.3. The largest absolute Gasteiger partial charge is 0.322 e. The van der Waals surface area contributed by atoms with Crippen LogP contribution in [0.3, 0.4) is 0 Å². The lowest BCUT2D eigenvalue weighted by molar-refractivity contribution is -0.114. The highest BCUT2D eigenvalue weighted by Crippen LogP contribution is 2.26. The number of carbonyl (C=O) groups is 1. The molecule has 0 spiro atoms. The van der Waals surface area contributed by atoms with Gasteiger partial charge in [-0.25, -0.2) is 0 Å². The van der Waals surface area contributed by atoms with Crippen molar-refractivity contribution in [3.63, 3.8) is 0 Å². The maximum Gasteiger partial charge on any atom is 0.249 e. The van der Waals surface area contributed by atoms with Gasteiger partial charge in [0.15, 0.2) is 0 Å². The zero-order valence-corrected chi connectivity index (χ0v) is 12.2. The van der Waals surface area contributed by atoms with Crippen LogP contribution in [0, 0.1) is 5.92 Å². The normalized spacial score (nSPS) is 16.1. The van der Waals surface area contributed by atoms with Crippen LogP contribution in [0.1, 0.15) is 33.6 Å². The fraction of sp³-hybridized carbons (Fsp3) is 0.400. The average Bonchev–Trinajstić information content (AvgIpc) is 2.44. The molecule has 106 valence electrons. The SMILES string of the molecule is C=C(C(C)C)N1C=CC(C(=O)N=[N+]=[N-])=C/C1=C/CCC. The number of rotatable bonds is 5. The summed E-state index contributed by atoms with van der Waals surface area (Å²) in [4.78, 5) is 16.1. The van der Waals surface area contributed by atoms with E-state index < -0.39 is 5.91 Å². The first-order valence-corrected chi connectivity index (χ1v) is 6.68. The summed E-state index contributed by atoms with van der Waals surface area (Å²) < 4.78 is 0. The Morgan fingerprint density at radius 2 is 2.30 bits per heavy atom. The zero-order chi connectivity index (χ0) is 15.1. The van der Waals surface area contributed by atoms with Gasteiger partial charge in [0.25, 0.3) is 0 Å². The molecule has 1 aliphatic rings. The second-order valence-corrected chi connectivity index (χ2v) is 4.84. The molecular weight excluding hydrogens is 252 g/mol. The van der Waals surface area contributed by atoms with E-state index >= 15 is 0 Å². The summed E-state index contributed by atoms with van der Waals surface area (Å²) in [6, 6.07) is 0. The number of carbonyl (C=O) groups excluding carboxylic acids is 1. The molecule has 1 amide bonds. The van der Waals surface area contributed by atoms with Gasteiger partial charge in [-0.05, 0) is 35.1 Å². The van der Waals surface area contributed by atoms with E-state index in [9.17, 15) is 4.79 Å². The van der Waals surface area contributed by atoms with E-state index in [1.807, 2.05) is 4.90 Å². The van der Waals surface area contributed by atoms with Crippen molar-refractivity contribution in [2.45, 2.75) is 33.6 Å². The van der Waals surface area contributed by atoms with Gasteiger partial charge in [-0.2, -0.15) is 0 Å². The van der Waals surface area contributed by atoms with Crippen molar-refractivity contribution in [3.8, 4) is 0 Å². The highest BCUT2D eigenvalue weighted by molar-refractivity contribution is 5.97. The zero-order valence-electron chi connectivity index (χ0n) is 12.2. The maximum absolute atomic E-state index is 11.6. The van der Waals surface area contributed by atoms with Crippen LogP contribution >= 0.6 is 0 Å². The Hall–Kier alpha value is -2.26. The molecule has 0 saturated heterocycles. The van der Waals surface area contributed by atoms with Crippen LogP contribution in [0.25, 0.3) is 10.4 Å². The molecule has 0 aromatic heterocycles. The monoisotopic (exact) mass is 272 g/mol. The molecule has 0 atom stereocenters. The molecule has 1 rings (SSSR count). The smallest absolute Gasteiger partial charge is 0.249 e. The number of unbranched alkanes of at least 4 members (excludes halogenated alkanes) is 1. The molecule has 0 aromatic carbocycles. The number of nitrogens with zero attached hydrogens (tertiary/aromatic N) is 4. The van der Waals surface area contributed by atoms with Gasteiger partial charge >= 0.3 is 0 Å². The van der Waals surface area contributed by atoms with Crippen molar-refractivity contribution >= 4 is 5.91 Å². The number of amides is 1. The van der Waals surface area contributed by atoms with Gasteiger partial charge in [-0.1, -0.05) is 39.8 Å². The van der Waals surface area contributed by atoms with E-state index in [-0.39, 0.29) is 0 Å². The number of hydrogen-bond donors (Lipinski definition) is 0. The van der Waals surface area contributed by atoms with E-state index in [4.69, 9.17) is 5.53 Å². The van der Waals surface area contributed by atoms with Crippen molar-refractivity contribution in [1.29, 1.82) is 0 Å². The second kappa shape index (κ2) is 7.36. The van der Waals surface area contributed by atoms with Crippen LogP contribution in [0.4, 0.5) is 0 Å². The molecule has 0 aromatic rings. The van der Waals surface area contributed by atoms with E-state index in [1.165, 1.54) is 0 Å². The number of allylic oxidation sites excluding steroid dienone is 3. The summed E-state index contributed by atoms with van der Waals surface area (Å²) in [6.07, 6.45) is 9.16. The third-order valence-corrected chi connectivity index (χ3v) is 2.99. The number of hydrogen-bond acceptors (Lipinski definition) is 2. The van der Waals surface area contributed by atoms with Crippen molar-refractivity contribution in [2.75, 3.05) is 0 Å². The molecular formula is C15H20N4O. The van der Waals surface area contributed by atoms with Gasteiger partial charge in [-0.3, -0.25) is 4.79 Å². The fourth-order valence-corrected chi connectivity index (χ4v) is 1.74. The van der Waals surface area contributed by atoms with Gasteiger partial charge in [-0.15, -0.1) is 0 Å². The van der Waals surface area contributed by atoms with Gasteiger partial charge in [0.1, 0.15) is 0 Å². The highest BCUT2D eigenvalue weighted by Gasteiger charge is 2.17. The molecule has 1 aliphatic heterocycles. The Balaban J connectivity index is 3.10. The minimum atomic E-state index is -0.569. The van der Waals surface area contributed by atoms with Gasteiger partial charge in [0, 0.05) is 28.1 Å². The van der Waals surface area contributed by atoms with Crippen molar-refractivity contribution in [1.82, 2.24) is 4.90 Å². The minimum absolute atomic E-state index is 0.299. The summed E-state index contributed by atoms with van der Waals surface area (Å²) in [5.74, 6) is -0.270. The standard InChI is InChI=1S/C15H20N4O/c1-5-6-7-14-10-13(15(20)17-18-16)8-9-19(14)12(4)11(2)3/h7-11H,4-6H2,1-3H3/b14-7-. The maximum atomic E-state index is 11.6. The molecule has 0 radical (unpaired) electrons. The van der Waals surface area contributed by atoms with Crippen LogP contribution in [0.2, 0.25) is 0 Å². The van der Waals surface area contributed by atoms with Gasteiger partial charge in [0.05, 0.1) is 0 Å². The second-order valence-electron chi connectivity index (χ2n) is 4.84. The molecule has 0 saturated carbocycles. The van der Waals surface area contributed by atoms with Crippen LogP contribution in [-0.4, -0.2) is 10.8 Å². The molecule has 0 fully saturated rings. The third-order valence-electron chi connectivity index (χ3n) is 2.99. The topological polar surface area (TPSA) is 69.1 Å². The Labute approximate surface area is 119 Å². The number of azide groups is 1. The van der Waals surface area contributed by atoms with Crippen molar-refractivity contribution in [3.05, 3.63) is 58.4 Å². The van der Waals surface area contributed by atoms with Gasteiger partial charge in [0.2, 0.25) is 5.91 Å². The van der Waals surface area contributed by atoms with E-state index in [0.29, 0.717) is 11.5 Å². The Morgan fingerprint density at radius 3 is 2.85 bits per heavy atom. The Kier molecular flexibility index (Phi) is 5.81. The van der Waals surface area contributed by atoms with E-state index in [2.05, 4.69) is 43.5 Å². The molecule has 5 nitrogen and oxygen atoms in total. The quantitative estimate of drug-likeness (QED) is 0.422. The van der Waals surface area contributed by atoms with Crippen molar-refractivity contribution in [2.24, 2.45) is 11.0 Å². The predicted molar refractivity (Wildman–Crippen MR) is 80.2 cm³/mol. The van der Waals surface area contributed by atoms with Gasteiger partial charge < -0.3 is 4.90 Å². The molecule has 20 heavy (non-hydrogen) atoms. The Bertz CT molecular complexity index is 534. The average molecular weight is 272 g/mol. The summed E-state index contributed by atoms with van der Waals surface area (Å²) in [7, 11) is 0. The molecule has 1 heterocycles. The molecule has 0 N–H and O–H groups in total.